The minimum atomic E-state index is -1.32. The number of aldehydes is 1. The van der Waals surface area contributed by atoms with Gasteiger partial charge in [-0.05, 0) is 28.3 Å². The van der Waals surface area contributed by atoms with Crippen molar-refractivity contribution in [2.24, 2.45) is 11.8 Å². The molecule has 1 saturated heterocycles. The molecule has 0 N–H and O–H groups in total. The summed E-state index contributed by atoms with van der Waals surface area (Å²) in [5.41, 5.74) is 1.45. The number of benzene rings is 3. The standard InChI is InChI=1S/C25H16N2O5/c28-13-25-16-9-3-1-7-14(16)20(15-8-2-4-10-17(15)25)21-22(25)24(30)26(23(21)29)18-11-5-6-12-19(18)27(31)32/h1-13,20-22H. The van der Waals surface area contributed by atoms with Gasteiger partial charge in [0.05, 0.1) is 22.2 Å². The maximum Gasteiger partial charge on any atom is 0.293 e. The molecular weight excluding hydrogens is 408 g/mol. The number of carbonyl (C=O) groups excluding carboxylic acids is 3. The monoisotopic (exact) mass is 424 g/mol. The van der Waals surface area contributed by atoms with E-state index in [1.807, 2.05) is 48.5 Å². The van der Waals surface area contributed by atoms with E-state index in [0.29, 0.717) is 0 Å². The minimum Gasteiger partial charge on any atom is -0.302 e. The predicted octanol–water partition coefficient (Wildman–Crippen LogP) is 3.34. The first kappa shape index (κ1) is 18.6. The van der Waals surface area contributed by atoms with E-state index in [-0.39, 0.29) is 11.4 Å². The Morgan fingerprint density at radius 1 is 0.844 bits per heavy atom. The van der Waals surface area contributed by atoms with Crippen molar-refractivity contribution in [3.05, 3.63) is 105 Å². The third kappa shape index (κ3) is 1.98. The van der Waals surface area contributed by atoms with Crippen molar-refractivity contribution < 1.29 is 19.3 Å². The SMILES string of the molecule is O=CC12c3ccccc3C(c3ccccc31)C1C(=O)N(c3ccccc3[N+](=O)[O-])C(=O)C12. The Labute approximate surface area is 182 Å². The van der Waals surface area contributed by atoms with Crippen LogP contribution in [-0.4, -0.2) is 23.0 Å². The number of nitrogens with zero attached hydrogens (tertiary/aromatic N) is 2. The molecule has 32 heavy (non-hydrogen) atoms. The number of nitro benzene ring substituents is 1. The summed E-state index contributed by atoms with van der Waals surface area (Å²) in [7, 11) is 0. The Hall–Kier alpha value is -4.13. The van der Waals surface area contributed by atoms with Gasteiger partial charge in [0.25, 0.3) is 5.69 Å². The highest BCUT2D eigenvalue weighted by Gasteiger charge is 2.68. The Balaban J connectivity index is 1.65. The van der Waals surface area contributed by atoms with E-state index >= 15 is 0 Å². The van der Waals surface area contributed by atoms with Crippen LogP contribution in [0.5, 0.6) is 0 Å². The van der Waals surface area contributed by atoms with E-state index in [0.717, 1.165) is 33.4 Å². The van der Waals surface area contributed by atoms with E-state index in [4.69, 9.17) is 0 Å². The number of anilines is 1. The van der Waals surface area contributed by atoms with Crippen LogP contribution in [0.4, 0.5) is 11.4 Å². The van der Waals surface area contributed by atoms with E-state index in [9.17, 15) is 24.5 Å². The molecule has 2 amide bonds. The fourth-order valence-electron chi connectivity index (χ4n) is 6.08. The van der Waals surface area contributed by atoms with Crippen LogP contribution >= 0.6 is 0 Å². The fourth-order valence-corrected chi connectivity index (χ4v) is 6.08. The lowest BCUT2D eigenvalue weighted by Gasteiger charge is -2.51. The molecule has 156 valence electrons. The Bertz CT molecular complexity index is 1320. The van der Waals surface area contributed by atoms with Crippen molar-refractivity contribution in [1.29, 1.82) is 0 Å². The van der Waals surface area contributed by atoms with Crippen LogP contribution in [0, 0.1) is 22.0 Å². The van der Waals surface area contributed by atoms with Crippen molar-refractivity contribution in [3.8, 4) is 0 Å². The van der Waals surface area contributed by atoms with E-state index in [2.05, 4.69) is 0 Å². The molecule has 3 aromatic carbocycles. The van der Waals surface area contributed by atoms with Gasteiger partial charge in [-0.3, -0.25) is 19.7 Å². The van der Waals surface area contributed by atoms with E-state index in [1.165, 1.54) is 18.2 Å². The first-order valence-corrected chi connectivity index (χ1v) is 10.3. The summed E-state index contributed by atoms with van der Waals surface area (Å²) in [6, 6.07) is 20.6. The van der Waals surface area contributed by atoms with Gasteiger partial charge in [-0.1, -0.05) is 60.7 Å². The van der Waals surface area contributed by atoms with Gasteiger partial charge in [0.1, 0.15) is 12.0 Å². The molecule has 0 spiro atoms. The third-order valence-corrected chi connectivity index (χ3v) is 7.19. The van der Waals surface area contributed by atoms with Gasteiger partial charge in [-0.2, -0.15) is 0 Å². The molecule has 4 aliphatic rings. The zero-order valence-corrected chi connectivity index (χ0v) is 16.7. The summed E-state index contributed by atoms with van der Waals surface area (Å²) in [4.78, 5) is 52.4. The van der Waals surface area contributed by atoms with Crippen molar-refractivity contribution in [1.82, 2.24) is 0 Å². The maximum absolute atomic E-state index is 13.8. The first-order valence-electron chi connectivity index (χ1n) is 10.3. The molecule has 0 aromatic heterocycles. The van der Waals surface area contributed by atoms with Crippen LogP contribution in [0.1, 0.15) is 28.2 Å². The van der Waals surface area contributed by atoms with Crippen LogP contribution in [0.2, 0.25) is 0 Å². The van der Waals surface area contributed by atoms with Crippen molar-refractivity contribution >= 4 is 29.5 Å². The van der Waals surface area contributed by atoms with Gasteiger partial charge >= 0.3 is 0 Å². The van der Waals surface area contributed by atoms with Crippen LogP contribution in [0.15, 0.2) is 72.8 Å². The van der Waals surface area contributed by atoms with Gasteiger partial charge in [-0.15, -0.1) is 0 Å². The molecular formula is C25H16N2O5. The van der Waals surface area contributed by atoms with E-state index < -0.39 is 39.9 Å². The van der Waals surface area contributed by atoms with E-state index in [1.54, 1.807) is 6.07 Å². The number of hydrogen-bond donors (Lipinski definition) is 0. The number of imide groups is 1. The molecule has 2 bridgehead atoms. The minimum absolute atomic E-state index is 0.0598. The number of amides is 2. The fraction of sp³-hybridized carbons (Fsp3) is 0.160. The molecule has 2 unspecified atom stereocenters. The summed E-state index contributed by atoms with van der Waals surface area (Å²) in [5, 5.41) is 11.6. The molecule has 7 rings (SSSR count). The summed E-state index contributed by atoms with van der Waals surface area (Å²) in [6.07, 6.45) is 0.784. The molecule has 7 nitrogen and oxygen atoms in total. The second kappa shape index (κ2) is 6.20. The molecule has 0 radical (unpaired) electrons. The quantitative estimate of drug-likeness (QED) is 0.278. The maximum atomic E-state index is 13.8. The number of carbonyl (C=O) groups is 3. The van der Waals surface area contributed by atoms with Gasteiger partial charge in [0, 0.05) is 12.0 Å². The van der Waals surface area contributed by atoms with Gasteiger partial charge in [0.2, 0.25) is 11.8 Å². The van der Waals surface area contributed by atoms with Crippen LogP contribution < -0.4 is 4.90 Å². The predicted molar refractivity (Wildman–Crippen MR) is 114 cm³/mol. The van der Waals surface area contributed by atoms with Crippen LogP contribution in [0.3, 0.4) is 0 Å². The lowest BCUT2D eigenvalue weighted by Crippen LogP contribution is -2.54. The molecule has 7 heteroatoms. The summed E-state index contributed by atoms with van der Waals surface area (Å²) < 4.78 is 0. The highest BCUT2D eigenvalue weighted by atomic mass is 16.6. The lowest BCUT2D eigenvalue weighted by molar-refractivity contribution is -0.384. The zero-order valence-electron chi connectivity index (χ0n) is 16.7. The van der Waals surface area contributed by atoms with Crippen molar-refractivity contribution in [2.45, 2.75) is 11.3 Å². The highest BCUT2D eigenvalue weighted by Crippen LogP contribution is 2.63. The second-order valence-electron chi connectivity index (χ2n) is 8.40. The number of rotatable bonds is 3. The molecule has 2 atom stereocenters. The Kier molecular flexibility index (Phi) is 3.61. The third-order valence-electron chi connectivity index (χ3n) is 7.19. The van der Waals surface area contributed by atoms with Crippen LogP contribution in [0.25, 0.3) is 0 Å². The Morgan fingerprint density at radius 3 is 2.00 bits per heavy atom. The van der Waals surface area contributed by atoms with Gasteiger partial charge in [-0.25, -0.2) is 4.90 Å². The highest BCUT2D eigenvalue weighted by molar-refractivity contribution is 6.25. The molecule has 1 heterocycles. The lowest BCUT2D eigenvalue weighted by atomic mass is 9.48. The summed E-state index contributed by atoms with van der Waals surface area (Å²) in [5.74, 6) is -3.25. The largest absolute Gasteiger partial charge is 0.302 e. The molecule has 1 fully saturated rings. The van der Waals surface area contributed by atoms with Crippen molar-refractivity contribution in [3.63, 3.8) is 0 Å². The normalized spacial score (nSPS) is 27.0. The number of hydrogen-bond acceptors (Lipinski definition) is 5. The average Bonchev–Trinajstić information content (AvgIpc) is 3.09. The molecule has 0 saturated carbocycles. The number of nitro groups is 1. The van der Waals surface area contributed by atoms with Crippen molar-refractivity contribution in [2.75, 3.05) is 4.90 Å². The molecule has 3 aliphatic carbocycles. The second-order valence-corrected chi connectivity index (χ2v) is 8.40. The molecule has 1 aliphatic heterocycles. The van der Waals surface area contributed by atoms with Gasteiger partial charge in [0.15, 0.2) is 0 Å². The topological polar surface area (TPSA) is 97.6 Å². The van der Waals surface area contributed by atoms with Gasteiger partial charge < -0.3 is 4.79 Å². The number of para-hydroxylation sites is 2. The first-order chi connectivity index (χ1) is 15.5. The smallest absolute Gasteiger partial charge is 0.293 e. The van der Waals surface area contributed by atoms with Crippen LogP contribution in [-0.2, 0) is 19.8 Å². The summed E-state index contributed by atoms with van der Waals surface area (Å²) in [6.45, 7) is 0. The Morgan fingerprint density at radius 2 is 1.41 bits per heavy atom. The molecule has 3 aromatic rings. The summed E-state index contributed by atoms with van der Waals surface area (Å²) >= 11 is 0. The average molecular weight is 424 g/mol. The zero-order chi connectivity index (χ0) is 22.2.